The second-order valence-electron chi connectivity index (χ2n) is 3.46. The number of amides is 1. The lowest BCUT2D eigenvalue weighted by atomic mass is 9.95. The summed E-state index contributed by atoms with van der Waals surface area (Å²) < 4.78 is 35.7. The fourth-order valence-electron chi connectivity index (χ4n) is 1.17. The summed E-state index contributed by atoms with van der Waals surface area (Å²) >= 11 is 5.64. The molecule has 0 aliphatic carbocycles. The maximum absolute atomic E-state index is 11.9. The van der Waals surface area contributed by atoms with Gasteiger partial charge in [0, 0.05) is 5.88 Å². The molecule has 6 heteroatoms. The quantitative estimate of drug-likeness (QED) is 0.742. The van der Waals surface area contributed by atoms with Gasteiger partial charge in [-0.15, -0.1) is 11.6 Å². The van der Waals surface area contributed by atoms with E-state index in [4.69, 9.17) is 11.6 Å². The molecule has 1 N–H and O–H groups in total. The van der Waals surface area contributed by atoms with Crippen LogP contribution < -0.4 is 5.32 Å². The van der Waals surface area contributed by atoms with E-state index in [-0.39, 0.29) is 5.88 Å². The molecule has 90 valence electrons. The van der Waals surface area contributed by atoms with Gasteiger partial charge >= 0.3 is 6.18 Å². The minimum absolute atomic E-state index is 0.115. The molecule has 0 radical (unpaired) electrons. The molecule has 0 heterocycles. The maximum atomic E-state index is 11.9. The molecule has 0 bridgehead atoms. The Morgan fingerprint density at radius 1 is 1.27 bits per heavy atom. The molecule has 0 unspecified atom stereocenters. The summed E-state index contributed by atoms with van der Waals surface area (Å²) in [6, 6.07) is 0. The normalized spacial score (nSPS) is 12.7. The first-order chi connectivity index (χ1) is 6.78. The van der Waals surface area contributed by atoms with Crippen molar-refractivity contribution in [2.75, 3.05) is 5.88 Å². The van der Waals surface area contributed by atoms with Gasteiger partial charge in [0.05, 0.1) is 5.54 Å². The molecule has 0 aromatic carbocycles. The molecular formula is C9H15ClF3NO. The third-order valence-corrected chi connectivity index (χ3v) is 2.89. The van der Waals surface area contributed by atoms with Gasteiger partial charge in [-0.1, -0.05) is 13.8 Å². The highest BCUT2D eigenvalue weighted by Crippen LogP contribution is 2.22. The molecular weight excluding hydrogens is 231 g/mol. The van der Waals surface area contributed by atoms with Crippen molar-refractivity contribution < 1.29 is 18.0 Å². The Bertz CT molecular complexity index is 206. The third kappa shape index (κ3) is 5.25. The Morgan fingerprint density at radius 3 is 2.00 bits per heavy atom. The molecule has 0 spiro atoms. The molecule has 15 heavy (non-hydrogen) atoms. The largest absolute Gasteiger partial charge is 0.397 e. The lowest BCUT2D eigenvalue weighted by molar-refractivity contribution is -0.155. The minimum Gasteiger partial charge on any atom is -0.349 e. The zero-order chi connectivity index (χ0) is 12.1. The van der Waals surface area contributed by atoms with E-state index in [2.05, 4.69) is 5.32 Å². The Labute approximate surface area is 92.2 Å². The van der Waals surface area contributed by atoms with Crippen LogP contribution in [0.15, 0.2) is 0 Å². The maximum Gasteiger partial charge on any atom is 0.397 e. The van der Waals surface area contributed by atoms with E-state index in [1.807, 2.05) is 0 Å². The van der Waals surface area contributed by atoms with Crippen LogP contribution >= 0.6 is 11.6 Å². The standard InChI is InChI=1S/C9H15ClF3NO/c1-3-8(4-2,6-10)14-7(15)5-9(11,12)13/h3-6H2,1-2H3,(H,14,15). The van der Waals surface area contributed by atoms with E-state index in [0.29, 0.717) is 12.8 Å². The minimum atomic E-state index is -4.47. The average Bonchev–Trinajstić information content (AvgIpc) is 2.11. The molecule has 0 fully saturated rings. The SMILES string of the molecule is CCC(CC)(CCl)NC(=O)CC(F)(F)F. The second kappa shape index (κ2) is 5.58. The summed E-state index contributed by atoms with van der Waals surface area (Å²) in [6.07, 6.45) is -4.90. The van der Waals surface area contributed by atoms with Crippen LogP contribution in [0.4, 0.5) is 13.2 Å². The molecule has 0 aliphatic heterocycles. The van der Waals surface area contributed by atoms with Gasteiger partial charge in [-0.2, -0.15) is 13.2 Å². The molecule has 0 aromatic heterocycles. The Hall–Kier alpha value is -0.450. The predicted molar refractivity (Wildman–Crippen MR) is 52.8 cm³/mol. The molecule has 0 saturated carbocycles. The van der Waals surface area contributed by atoms with Gasteiger partial charge in [-0.25, -0.2) is 0 Å². The number of hydrogen-bond acceptors (Lipinski definition) is 1. The molecule has 0 atom stereocenters. The van der Waals surface area contributed by atoms with Crippen molar-refractivity contribution in [1.29, 1.82) is 0 Å². The monoisotopic (exact) mass is 245 g/mol. The summed E-state index contributed by atoms with van der Waals surface area (Å²) in [6.45, 7) is 3.56. The lowest BCUT2D eigenvalue weighted by Gasteiger charge is -2.30. The van der Waals surface area contributed by atoms with Gasteiger partial charge in [0.25, 0.3) is 0 Å². The number of halogens is 4. The highest BCUT2D eigenvalue weighted by molar-refractivity contribution is 6.18. The van der Waals surface area contributed by atoms with E-state index >= 15 is 0 Å². The van der Waals surface area contributed by atoms with Crippen molar-refractivity contribution in [2.45, 2.75) is 44.8 Å². The zero-order valence-electron chi connectivity index (χ0n) is 8.75. The van der Waals surface area contributed by atoms with Crippen molar-refractivity contribution in [3.63, 3.8) is 0 Å². The van der Waals surface area contributed by atoms with Crippen LogP contribution in [0, 0.1) is 0 Å². The van der Waals surface area contributed by atoms with Crippen LogP contribution in [0.5, 0.6) is 0 Å². The summed E-state index contributed by atoms with van der Waals surface area (Å²) in [5.41, 5.74) is -0.718. The van der Waals surface area contributed by atoms with Gasteiger partial charge in [0.15, 0.2) is 0 Å². The fourth-order valence-corrected chi connectivity index (χ4v) is 1.62. The number of hydrogen-bond donors (Lipinski definition) is 1. The highest BCUT2D eigenvalue weighted by Gasteiger charge is 2.34. The summed E-state index contributed by atoms with van der Waals surface area (Å²) in [4.78, 5) is 11.1. The Kier molecular flexibility index (Phi) is 5.42. The van der Waals surface area contributed by atoms with E-state index < -0.39 is 24.0 Å². The zero-order valence-corrected chi connectivity index (χ0v) is 9.50. The van der Waals surface area contributed by atoms with Crippen LogP contribution in [0.25, 0.3) is 0 Å². The van der Waals surface area contributed by atoms with Gasteiger partial charge in [0.2, 0.25) is 5.91 Å². The molecule has 0 aromatic rings. The highest BCUT2D eigenvalue weighted by atomic mass is 35.5. The molecule has 1 amide bonds. The Morgan fingerprint density at radius 2 is 1.73 bits per heavy atom. The van der Waals surface area contributed by atoms with Crippen molar-refractivity contribution in [3.05, 3.63) is 0 Å². The number of carbonyl (C=O) groups excluding carboxylic acids is 1. The summed E-state index contributed by atoms with van der Waals surface area (Å²) in [5, 5.41) is 2.35. The van der Waals surface area contributed by atoms with E-state index in [0.717, 1.165) is 0 Å². The van der Waals surface area contributed by atoms with Crippen LogP contribution in [-0.4, -0.2) is 23.5 Å². The number of nitrogens with one attached hydrogen (secondary N) is 1. The number of rotatable bonds is 5. The van der Waals surface area contributed by atoms with Gasteiger partial charge in [-0.3, -0.25) is 4.79 Å². The molecule has 0 rings (SSSR count). The van der Waals surface area contributed by atoms with E-state index in [1.54, 1.807) is 13.8 Å². The Balaban J connectivity index is 4.36. The first kappa shape index (κ1) is 14.6. The molecule has 2 nitrogen and oxygen atoms in total. The number of alkyl halides is 4. The van der Waals surface area contributed by atoms with Gasteiger partial charge < -0.3 is 5.32 Å². The van der Waals surface area contributed by atoms with E-state index in [1.165, 1.54) is 0 Å². The smallest absolute Gasteiger partial charge is 0.349 e. The first-order valence-electron chi connectivity index (χ1n) is 4.72. The van der Waals surface area contributed by atoms with Crippen LogP contribution in [-0.2, 0) is 4.79 Å². The molecule has 0 saturated heterocycles. The third-order valence-electron chi connectivity index (χ3n) is 2.37. The summed E-state index contributed by atoms with van der Waals surface area (Å²) in [5.74, 6) is -0.907. The topological polar surface area (TPSA) is 29.1 Å². The van der Waals surface area contributed by atoms with Crippen LogP contribution in [0.1, 0.15) is 33.1 Å². The van der Waals surface area contributed by atoms with E-state index in [9.17, 15) is 18.0 Å². The van der Waals surface area contributed by atoms with Crippen LogP contribution in [0.3, 0.4) is 0 Å². The number of carbonyl (C=O) groups is 1. The lowest BCUT2D eigenvalue weighted by Crippen LogP contribution is -2.50. The summed E-state index contributed by atoms with van der Waals surface area (Å²) in [7, 11) is 0. The molecule has 0 aliphatic rings. The van der Waals surface area contributed by atoms with Crippen LogP contribution in [0.2, 0.25) is 0 Å². The second-order valence-corrected chi connectivity index (χ2v) is 3.73. The fraction of sp³-hybridized carbons (Fsp3) is 0.889. The van der Waals surface area contributed by atoms with Crippen molar-refractivity contribution in [1.82, 2.24) is 5.32 Å². The van der Waals surface area contributed by atoms with Gasteiger partial charge in [0.1, 0.15) is 6.42 Å². The predicted octanol–water partition coefficient (Wildman–Crippen LogP) is 2.85. The van der Waals surface area contributed by atoms with Crippen molar-refractivity contribution in [3.8, 4) is 0 Å². The van der Waals surface area contributed by atoms with Crippen molar-refractivity contribution in [2.24, 2.45) is 0 Å². The van der Waals surface area contributed by atoms with Crippen molar-refractivity contribution >= 4 is 17.5 Å². The first-order valence-corrected chi connectivity index (χ1v) is 5.25. The van der Waals surface area contributed by atoms with Gasteiger partial charge in [-0.05, 0) is 12.8 Å². The average molecular weight is 246 g/mol.